The van der Waals surface area contributed by atoms with Crippen LogP contribution in [-0.4, -0.2) is 26.4 Å². The number of H-pyrrole nitrogens is 1. The zero-order valence-electron chi connectivity index (χ0n) is 13.1. The van der Waals surface area contributed by atoms with Crippen LogP contribution in [-0.2, 0) is 6.18 Å². The Morgan fingerprint density at radius 2 is 1.77 bits per heavy atom. The molecule has 4 rings (SSSR count). The fraction of sp³-hybridized carbons (Fsp3) is 0.0588. The number of anilines is 1. The molecule has 2 N–H and O–H groups in total. The second kappa shape index (κ2) is 6.10. The third kappa shape index (κ3) is 2.94. The molecule has 0 fully saturated rings. The van der Waals surface area contributed by atoms with Gasteiger partial charge < -0.3 is 4.98 Å². The molecule has 6 nitrogen and oxygen atoms in total. The number of rotatable bonds is 3. The first-order valence-corrected chi connectivity index (χ1v) is 7.59. The summed E-state index contributed by atoms with van der Waals surface area (Å²) in [5.74, 6) is 0.0739. The quantitative estimate of drug-likeness (QED) is 0.430. The molecule has 0 saturated carbocycles. The Morgan fingerprint density at radius 3 is 2.62 bits per heavy atom. The van der Waals surface area contributed by atoms with Crippen molar-refractivity contribution in [2.24, 2.45) is 5.10 Å². The predicted molar refractivity (Wildman–Crippen MR) is 91.9 cm³/mol. The number of nitrogens with one attached hydrogen (secondary N) is 2. The van der Waals surface area contributed by atoms with Crippen LogP contribution in [0.5, 0.6) is 0 Å². The molecule has 2 aromatic carbocycles. The van der Waals surface area contributed by atoms with Crippen molar-refractivity contribution in [1.29, 1.82) is 0 Å². The van der Waals surface area contributed by atoms with Crippen LogP contribution in [0, 0.1) is 0 Å². The van der Waals surface area contributed by atoms with Crippen molar-refractivity contribution in [3.63, 3.8) is 0 Å². The van der Waals surface area contributed by atoms with Gasteiger partial charge in [-0.2, -0.15) is 23.3 Å². The molecule has 0 unspecified atom stereocenters. The van der Waals surface area contributed by atoms with E-state index in [-0.39, 0.29) is 11.5 Å². The maximum absolute atomic E-state index is 13.0. The van der Waals surface area contributed by atoms with E-state index in [0.717, 1.165) is 23.2 Å². The molecule has 2 heterocycles. The number of halogens is 3. The normalized spacial score (nSPS) is 12.3. The Labute approximate surface area is 144 Å². The summed E-state index contributed by atoms with van der Waals surface area (Å²) in [4.78, 5) is 7.34. The van der Waals surface area contributed by atoms with Crippen LogP contribution >= 0.6 is 0 Å². The van der Waals surface area contributed by atoms with Crippen LogP contribution in [0.15, 0.2) is 53.6 Å². The van der Waals surface area contributed by atoms with Crippen molar-refractivity contribution >= 4 is 34.2 Å². The summed E-state index contributed by atoms with van der Waals surface area (Å²) in [5, 5.41) is 12.7. The summed E-state index contributed by atoms with van der Waals surface area (Å²) in [6, 6.07) is 12.7. The minimum atomic E-state index is -4.45. The number of fused-ring (bicyclic) bond motifs is 3. The van der Waals surface area contributed by atoms with Gasteiger partial charge in [0.1, 0.15) is 5.52 Å². The molecule has 0 aliphatic carbocycles. The number of hydrazone groups is 1. The van der Waals surface area contributed by atoms with Crippen LogP contribution in [0.1, 0.15) is 11.1 Å². The molecule has 130 valence electrons. The van der Waals surface area contributed by atoms with Gasteiger partial charge >= 0.3 is 6.18 Å². The minimum Gasteiger partial charge on any atom is -0.338 e. The fourth-order valence-electron chi connectivity index (χ4n) is 2.60. The lowest BCUT2D eigenvalue weighted by Crippen LogP contribution is -2.09. The molecule has 0 amide bonds. The Balaban J connectivity index is 1.60. The average molecular weight is 356 g/mol. The fourth-order valence-corrected chi connectivity index (χ4v) is 2.60. The van der Waals surface area contributed by atoms with Gasteiger partial charge in [0, 0.05) is 16.5 Å². The Morgan fingerprint density at radius 1 is 1.00 bits per heavy atom. The maximum atomic E-state index is 13.0. The summed E-state index contributed by atoms with van der Waals surface area (Å²) >= 11 is 0. The highest BCUT2D eigenvalue weighted by molar-refractivity contribution is 6.03. The monoisotopic (exact) mass is 356 g/mol. The van der Waals surface area contributed by atoms with Crippen LogP contribution in [0.3, 0.4) is 0 Å². The molecule has 9 heteroatoms. The van der Waals surface area contributed by atoms with E-state index in [1.807, 2.05) is 24.3 Å². The van der Waals surface area contributed by atoms with Crippen LogP contribution in [0.4, 0.5) is 19.1 Å². The molecule has 4 aromatic rings. The van der Waals surface area contributed by atoms with Crippen molar-refractivity contribution in [2.45, 2.75) is 6.18 Å². The summed E-state index contributed by atoms with van der Waals surface area (Å²) < 4.78 is 38.9. The summed E-state index contributed by atoms with van der Waals surface area (Å²) in [6.45, 7) is 0. The van der Waals surface area contributed by atoms with E-state index >= 15 is 0 Å². The number of benzene rings is 2. The lowest BCUT2D eigenvalue weighted by atomic mass is 10.1. The first-order chi connectivity index (χ1) is 12.5. The highest BCUT2D eigenvalue weighted by atomic mass is 19.4. The second-order valence-corrected chi connectivity index (χ2v) is 5.46. The van der Waals surface area contributed by atoms with Gasteiger partial charge in [-0.1, -0.05) is 36.4 Å². The minimum absolute atomic E-state index is 0.0628. The number of alkyl halides is 3. The highest BCUT2D eigenvalue weighted by Crippen LogP contribution is 2.31. The van der Waals surface area contributed by atoms with Crippen LogP contribution < -0.4 is 5.43 Å². The third-order valence-corrected chi connectivity index (χ3v) is 3.76. The number of aromatic amines is 1. The third-order valence-electron chi connectivity index (χ3n) is 3.76. The van der Waals surface area contributed by atoms with E-state index in [1.54, 1.807) is 0 Å². The number of hydrogen-bond donors (Lipinski definition) is 2. The molecule has 0 bridgehead atoms. The lowest BCUT2D eigenvalue weighted by molar-refractivity contribution is -0.137. The van der Waals surface area contributed by atoms with Gasteiger partial charge in [-0.25, -0.2) is 5.43 Å². The molecule has 0 spiro atoms. The summed E-state index contributed by atoms with van der Waals surface area (Å²) in [5.41, 5.74) is 3.66. The van der Waals surface area contributed by atoms with E-state index in [0.29, 0.717) is 11.2 Å². The SMILES string of the molecule is FC(F)(F)c1ccccc1/C=N\Nc1nnc2c(n1)[nH]c1ccccc12. The standard InChI is InChI=1S/C17H11F3N6/c18-17(19,20)12-7-3-1-5-10(12)9-21-25-16-23-15-14(24-26-16)11-6-2-4-8-13(11)22-15/h1-9H,(H2,22,23,25,26)/b21-9-. The van der Waals surface area contributed by atoms with Crippen molar-refractivity contribution in [3.05, 3.63) is 59.7 Å². The highest BCUT2D eigenvalue weighted by Gasteiger charge is 2.32. The molecule has 0 aliphatic heterocycles. The molecule has 0 radical (unpaired) electrons. The van der Waals surface area contributed by atoms with Gasteiger partial charge in [0.25, 0.3) is 5.95 Å². The Kier molecular flexibility index (Phi) is 3.76. The topological polar surface area (TPSA) is 78.8 Å². The van der Waals surface area contributed by atoms with E-state index in [9.17, 15) is 13.2 Å². The molecule has 2 aromatic heterocycles. The summed E-state index contributed by atoms with van der Waals surface area (Å²) in [7, 11) is 0. The summed E-state index contributed by atoms with van der Waals surface area (Å²) in [6.07, 6.45) is -3.38. The number of aromatic nitrogens is 4. The van der Waals surface area contributed by atoms with Crippen LogP contribution in [0.25, 0.3) is 22.1 Å². The number of nitrogens with zero attached hydrogens (tertiary/aromatic N) is 4. The molecule has 26 heavy (non-hydrogen) atoms. The number of para-hydroxylation sites is 1. The Bertz CT molecular complexity index is 1120. The van der Waals surface area contributed by atoms with Gasteiger partial charge in [-0.15, -0.1) is 10.2 Å². The second-order valence-electron chi connectivity index (χ2n) is 5.46. The maximum Gasteiger partial charge on any atom is 0.417 e. The zero-order chi connectivity index (χ0) is 18.1. The Hall–Kier alpha value is -3.49. The first kappa shape index (κ1) is 16.0. The van der Waals surface area contributed by atoms with Crippen molar-refractivity contribution in [2.75, 3.05) is 5.43 Å². The van der Waals surface area contributed by atoms with Gasteiger partial charge in [0.15, 0.2) is 5.65 Å². The molecular weight excluding hydrogens is 345 g/mol. The molecular formula is C17H11F3N6. The van der Waals surface area contributed by atoms with E-state index < -0.39 is 11.7 Å². The predicted octanol–water partition coefficient (Wildman–Crippen LogP) is 3.97. The zero-order valence-corrected chi connectivity index (χ0v) is 13.1. The van der Waals surface area contributed by atoms with Gasteiger partial charge in [-0.3, -0.25) is 0 Å². The van der Waals surface area contributed by atoms with Gasteiger partial charge in [0.2, 0.25) is 0 Å². The number of hydrogen-bond acceptors (Lipinski definition) is 5. The van der Waals surface area contributed by atoms with E-state index in [1.165, 1.54) is 18.2 Å². The smallest absolute Gasteiger partial charge is 0.338 e. The first-order valence-electron chi connectivity index (χ1n) is 7.59. The molecule has 0 aliphatic rings. The van der Waals surface area contributed by atoms with Gasteiger partial charge in [-0.05, 0) is 12.1 Å². The average Bonchev–Trinajstić information content (AvgIpc) is 2.99. The molecule has 0 atom stereocenters. The lowest BCUT2D eigenvalue weighted by Gasteiger charge is -2.09. The van der Waals surface area contributed by atoms with Crippen molar-refractivity contribution in [3.8, 4) is 0 Å². The van der Waals surface area contributed by atoms with Crippen molar-refractivity contribution in [1.82, 2.24) is 20.2 Å². The van der Waals surface area contributed by atoms with Crippen LogP contribution in [0.2, 0.25) is 0 Å². The van der Waals surface area contributed by atoms with E-state index in [2.05, 4.69) is 30.7 Å². The molecule has 0 saturated heterocycles. The van der Waals surface area contributed by atoms with E-state index in [4.69, 9.17) is 0 Å². The largest absolute Gasteiger partial charge is 0.417 e. The van der Waals surface area contributed by atoms with Crippen molar-refractivity contribution < 1.29 is 13.2 Å². The van der Waals surface area contributed by atoms with Gasteiger partial charge in [0.05, 0.1) is 11.8 Å².